The van der Waals surface area contributed by atoms with Gasteiger partial charge in [0, 0.05) is 11.1 Å². The number of carbonyl (C=O) groups is 1. The fraction of sp³-hybridized carbons (Fsp3) is 0.167. The van der Waals surface area contributed by atoms with Crippen molar-refractivity contribution in [3.05, 3.63) is 77.5 Å². The number of benzene rings is 2. The molecule has 0 aliphatic heterocycles. The number of aryl methyl sites for hydroxylation is 2. The molecule has 32 heavy (non-hydrogen) atoms. The zero-order valence-corrected chi connectivity index (χ0v) is 18.9. The van der Waals surface area contributed by atoms with Gasteiger partial charge in [-0.1, -0.05) is 36.4 Å². The molecule has 2 heterocycles. The fourth-order valence-electron chi connectivity index (χ4n) is 3.44. The van der Waals surface area contributed by atoms with Crippen LogP contribution in [0.2, 0.25) is 0 Å². The van der Waals surface area contributed by atoms with E-state index in [1.165, 1.54) is 6.20 Å². The summed E-state index contributed by atoms with van der Waals surface area (Å²) in [6, 6.07) is 17.5. The molecule has 7 nitrogen and oxygen atoms in total. The van der Waals surface area contributed by atoms with Crippen molar-refractivity contribution in [1.29, 1.82) is 0 Å². The van der Waals surface area contributed by atoms with Crippen molar-refractivity contribution in [2.75, 3.05) is 17.2 Å². The lowest BCUT2D eigenvalue weighted by atomic mass is 10.1. The molecule has 0 bridgehead atoms. The lowest BCUT2D eigenvalue weighted by Gasteiger charge is -2.15. The first-order valence-corrected chi connectivity index (χ1v) is 10.6. The first-order chi connectivity index (χ1) is 15.5. The number of aromatic nitrogens is 3. The summed E-state index contributed by atoms with van der Waals surface area (Å²) in [6.45, 7) is 6.05. The fourth-order valence-corrected chi connectivity index (χ4v) is 3.66. The van der Waals surface area contributed by atoms with Gasteiger partial charge in [-0.3, -0.25) is 0 Å². The SMILES string of the molecule is CCOC(=O)c1cnn(-c2cc(C)c3cccc(C)c3n2)c1NC(=S)Nc1ccccc1. The molecule has 2 aromatic heterocycles. The average molecular weight is 446 g/mol. The second kappa shape index (κ2) is 9.15. The van der Waals surface area contributed by atoms with Gasteiger partial charge in [-0.05, 0) is 62.3 Å². The van der Waals surface area contributed by atoms with Crippen molar-refractivity contribution in [2.45, 2.75) is 20.8 Å². The number of fused-ring (bicyclic) bond motifs is 1. The number of esters is 1. The Morgan fingerprint density at radius 3 is 2.59 bits per heavy atom. The maximum atomic E-state index is 12.6. The van der Waals surface area contributed by atoms with Crippen LogP contribution in [0.4, 0.5) is 11.5 Å². The van der Waals surface area contributed by atoms with Crippen molar-refractivity contribution in [3.8, 4) is 5.82 Å². The van der Waals surface area contributed by atoms with Crippen LogP contribution in [-0.2, 0) is 4.74 Å². The van der Waals surface area contributed by atoms with E-state index in [0.717, 1.165) is 27.7 Å². The molecule has 0 aliphatic rings. The standard InChI is InChI=1S/C24H23N5O2S/c1-4-31-23(30)19-14-25-29(22(19)28-24(32)26-17-10-6-5-7-11-17)20-13-16(3)18-12-8-9-15(2)21(18)27-20/h5-14H,4H2,1-3H3,(H2,26,28,32). The summed E-state index contributed by atoms with van der Waals surface area (Å²) < 4.78 is 6.79. The zero-order valence-electron chi connectivity index (χ0n) is 18.0. The van der Waals surface area contributed by atoms with Crippen LogP contribution >= 0.6 is 12.2 Å². The van der Waals surface area contributed by atoms with Gasteiger partial charge in [-0.15, -0.1) is 0 Å². The number of hydrogen-bond donors (Lipinski definition) is 2. The molecule has 0 radical (unpaired) electrons. The third-order valence-electron chi connectivity index (χ3n) is 4.98. The van der Waals surface area contributed by atoms with Gasteiger partial charge in [0.2, 0.25) is 0 Å². The van der Waals surface area contributed by atoms with Gasteiger partial charge in [0.25, 0.3) is 0 Å². The number of para-hydroxylation sites is 2. The highest BCUT2D eigenvalue weighted by Gasteiger charge is 2.22. The quantitative estimate of drug-likeness (QED) is 0.330. The maximum absolute atomic E-state index is 12.6. The van der Waals surface area contributed by atoms with Crippen LogP contribution in [0.15, 0.2) is 60.8 Å². The summed E-state index contributed by atoms with van der Waals surface area (Å²) in [5.74, 6) is 0.471. The number of thiocarbonyl (C=S) groups is 1. The Morgan fingerprint density at radius 2 is 1.84 bits per heavy atom. The Hall–Kier alpha value is -3.78. The zero-order chi connectivity index (χ0) is 22.7. The molecule has 0 unspecified atom stereocenters. The van der Waals surface area contributed by atoms with Crippen molar-refractivity contribution < 1.29 is 9.53 Å². The van der Waals surface area contributed by atoms with Gasteiger partial charge in [0.15, 0.2) is 16.7 Å². The first-order valence-electron chi connectivity index (χ1n) is 10.2. The molecule has 0 atom stereocenters. The van der Waals surface area contributed by atoms with E-state index < -0.39 is 5.97 Å². The van der Waals surface area contributed by atoms with Crippen molar-refractivity contribution in [2.24, 2.45) is 0 Å². The van der Waals surface area contributed by atoms with E-state index in [4.69, 9.17) is 21.9 Å². The molecule has 2 aromatic carbocycles. The van der Waals surface area contributed by atoms with E-state index >= 15 is 0 Å². The highest BCUT2D eigenvalue weighted by Crippen LogP contribution is 2.26. The topological polar surface area (TPSA) is 81.1 Å². The number of nitrogens with zero attached hydrogens (tertiary/aromatic N) is 3. The van der Waals surface area contributed by atoms with Crippen LogP contribution in [0.3, 0.4) is 0 Å². The Morgan fingerprint density at radius 1 is 1.06 bits per heavy atom. The lowest BCUT2D eigenvalue weighted by molar-refractivity contribution is 0.0527. The number of carbonyl (C=O) groups excluding carboxylic acids is 1. The Labute approximate surface area is 191 Å². The molecule has 0 aliphatic carbocycles. The Bertz CT molecular complexity index is 1300. The van der Waals surface area contributed by atoms with Gasteiger partial charge < -0.3 is 15.4 Å². The van der Waals surface area contributed by atoms with E-state index in [0.29, 0.717) is 16.7 Å². The molecule has 162 valence electrons. The summed E-state index contributed by atoms with van der Waals surface area (Å²) in [6.07, 6.45) is 1.46. The molecule has 0 fully saturated rings. The highest BCUT2D eigenvalue weighted by atomic mass is 32.1. The minimum atomic E-state index is -0.488. The predicted molar refractivity (Wildman–Crippen MR) is 131 cm³/mol. The Balaban J connectivity index is 1.77. The molecule has 4 aromatic rings. The van der Waals surface area contributed by atoms with E-state index in [1.54, 1.807) is 11.6 Å². The summed E-state index contributed by atoms with van der Waals surface area (Å²) in [4.78, 5) is 17.4. The van der Waals surface area contributed by atoms with E-state index in [2.05, 4.69) is 15.7 Å². The highest BCUT2D eigenvalue weighted by molar-refractivity contribution is 7.80. The number of ether oxygens (including phenoxy) is 1. The predicted octanol–water partition coefficient (Wildman–Crippen LogP) is 5.02. The van der Waals surface area contributed by atoms with Gasteiger partial charge in [0.1, 0.15) is 5.56 Å². The number of pyridine rings is 1. The van der Waals surface area contributed by atoms with Crippen molar-refractivity contribution in [1.82, 2.24) is 14.8 Å². The van der Waals surface area contributed by atoms with Crippen LogP contribution in [0.5, 0.6) is 0 Å². The molecular formula is C24H23N5O2S. The van der Waals surface area contributed by atoms with Crippen molar-refractivity contribution in [3.63, 3.8) is 0 Å². The molecule has 0 saturated carbocycles. The number of anilines is 2. The van der Waals surface area contributed by atoms with Crippen LogP contribution in [0, 0.1) is 13.8 Å². The third kappa shape index (κ3) is 4.31. The lowest BCUT2D eigenvalue weighted by Crippen LogP contribution is -2.23. The van der Waals surface area contributed by atoms with E-state index in [9.17, 15) is 4.79 Å². The molecular weight excluding hydrogens is 422 g/mol. The van der Waals surface area contributed by atoms with Gasteiger partial charge in [0.05, 0.1) is 18.3 Å². The second-order valence-electron chi connectivity index (χ2n) is 7.25. The summed E-state index contributed by atoms with van der Waals surface area (Å²) in [7, 11) is 0. The van der Waals surface area contributed by atoms with Crippen LogP contribution in [0.25, 0.3) is 16.7 Å². The van der Waals surface area contributed by atoms with E-state index in [-0.39, 0.29) is 12.2 Å². The monoisotopic (exact) mass is 445 g/mol. The van der Waals surface area contributed by atoms with Crippen LogP contribution < -0.4 is 10.6 Å². The molecule has 0 amide bonds. The van der Waals surface area contributed by atoms with Gasteiger partial charge >= 0.3 is 5.97 Å². The van der Waals surface area contributed by atoms with Crippen molar-refractivity contribution >= 4 is 45.7 Å². The van der Waals surface area contributed by atoms with Gasteiger partial charge in [-0.25, -0.2) is 9.78 Å². The normalized spacial score (nSPS) is 10.7. The largest absolute Gasteiger partial charge is 0.462 e. The van der Waals surface area contributed by atoms with Gasteiger partial charge in [-0.2, -0.15) is 9.78 Å². The van der Waals surface area contributed by atoms with Crippen LogP contribution in [-0.4, -0.2) is 32.5 Å². The number of rotatable bonds is 5. The summed E-state index contributed by atoms with van der Waals surface area (Å²) >= 11 is 5.49. The summed E-state index contributed by atoms with van der Waals surface area (Å²) in [5.41, 5.74) is 4.09. The van der Waals surface area contributed by atoms with Crippen LogP contribution in [0.1, 0.15) is 28.4 Å². The average Bonchev–Trinajstić information content (AvgIpc) is 3.18. The molecule has 2 N–H and O–H groups in total. The first kappa shape index (κ1) is 21.5. The molecule has 4 rings (SSSR count). The number of hydrogen-bond acceptors (Lipinski definition) is 5. The molecule has 8 heteroatoms. The Kier molecular flexibility index (Phi) is 6.13. The third-order valence-corrected chi connectivity index (χ3v) is 5.18. The summed E-state index contributed by atoms with van der Waals surface area (Å²) in [5, 5.41) is 12.0. The maximum Gasteiger partial charge on any atom is 0.343 e. The van der Waals surface area contributed by atoms with E-state index in [1.807, 2.05) is 68.4 Å². The molecule has 0 saturated heterocycles. The number of nitrogens with one attached hydrogen (secondary N) is 2. The second-order valence-corrected chi connectivity index (χ2v) is 7.66. The minimum Gasteiger partial charge on any atom is -0.462 e. The smallest absolute Gasteiger partial charge is 0.343 e. The minimum absolute atomic E-state index is 0.253. The molecule has 0 spiro atoms.